The highest BCUT2D eigenvalue weighted by molar-refractivity contribution is 9.10. The second-order valence-electron chi connectivity index (χ2n) is 6.64. The molecular formula is C19H17BrN2O3S. The van der Waals surface area contributed by atoms with Gasteiger partial charge in [-0.1, -0.05) is 6.92 Å². The van der Waals surface area contributed by atoms with Gasteiger partial charge in [-0.25, -0.2) is 9.78 Å². The zero-order valence-corrected chi connectivity index (χ0v) is 16.6. The Kier molecular flexibility index (Phi) is 4.67. The fraction of sp³-hybridized carbons (Fsp3) is 0.316. The highest BCUT2D eigenvalue weighted by Gasteiger charge is 2.21. The first-order valence-electron chi connectivity index (χ1n) is 8.46. The molecule has 0 spiro atoms. The molecule has 134 valence electrons. The lowest BCUT2D eigenvalue weighted by Crippen LogP contribution is -2.16. The van der Waals surface area contributed by atoms with Gasteiger partial charge >= 0.3 is 5.97 Å². The molecule has 0 amide bonds. The number of aryl methyl sites for hydroxylation is 1. The molecule has 4 rings (SSSR count). The van der Waals surface area contributed by atoms with Gasteiger partial charge in [-0.2, -0.15) is 0 Å². The van der Waals surface area contributed by atoms with Crippen molar-refractivity contribution in [3.63, 3.8) is 0 Å². The summed E-state index contributed by atoms with van der Waals surface area (Å²) in [4.78, 5) is 30.9. The minimum absolute atomic E-state index is 0.0143. The van der Waals surface area contributed by atoms with Crippen molar-refractivity contribution in [3.05, 3.63) is 66.3 Å². The average molecular weight is 433 g/mol. The Bertz CT molecular complexity index is 1060. The molecule has 0 saturated heterocycles. The minimum atomic E-state index is -0.352. The summed E-state index contributed by atoms with van der Waals surface area (Å²) in [6.07, 6.45) is 4.89. The Morgan fingerprint density at radius 2 is 2.27 bits per heavy atom. The van der Waals surface area contributed by atoms with Gasteiger partial charge in [0.05, 0.1) is 5.69 Å². The molecule has 1 unspecified atom stereocenters. The molecule has 3 aromatic rings. The Balaban J connectivity index is 1.50. The zero-order chi connectivity index (χ0) is 18.3. The number of aromatic nitrogens is 2. The van der Waals surface area contributed by atoms with Crippen LogP contribution in [0.1, 0.15) is 39.2 Å². The predicted octanol–water partition coefficient (Wildman–Crippen LogP) is 4.00. The van der Waals surface area contributed by atoms with Crippen molar-refractivity contribution in [2.45, 2.75) is 32.8 Å². The van der Waals surface area contributed by atoms with Crippen molar-refractivity contribution in [2.24, 2.45) is 5.92 Å². The van der Waals surface area contributed by atoms with Gasteiger partial charge in [-0.05, 0) is 64.9 Å². The topological polar surface area (TPSA) is 60.7 Å². The Hall–Kier alpha value is -1.99. The number of ether oxygens (including phenoxy) is 1. The van der Waals surface area contributed by atoms with E-state index in [0.29, 0.717) is 22.1 Å². The second-order valence-corrected chi connectivity index (χ2v) is 8.70. The largest absolute Gasteiger partial charge is 0.455 e. The van der Waals surface area contributed by atoms with Crippen molar-refractivity contribution < 1.29 is 9.53 Å². The van der Waals surface area contributed by atoms with E-state index in [2.05, 4.69) is 27.8 Å². The summed E-state index contributed by atoms with van der Waals surface area (Å²) >= 11 is 4.85. The first kappa shape index (κ1) is 17.4. The summed E-state index contributed by atoms with van der Waals surface area (Å²) in [5, 5.41) is 0. The number of hydrogen-bond acceptors (Lipinski definition) is 5. The van der Waals surface area contributed by atoms with Crippen LogP contribution in [-0.4, -0.2) is 15.4 Å². The van der Waals surface area contributed by atoms with E-state index in [1.807, 2.05) is 12.1 Å². The highest BCUT2D eigenvalue weighted by atomic mass is 79.9. The van der Waals surface area contributed by atoms with Crippen molar-refractivity contribution in [3.8, 4) is 0 Å². The normalized spacial score (nSPS) is 16.5. The number of hydrogen-bond donors (Lipinski definition) is 0. The number of rotatable bonds is 3. The second kappa shape index (κ2) is 6.96. The average Bonchev–Trinajstić information content (AvgIpc) is 3.03. The zero-order valence-electron chi connectivity index (χ0n) is 14.2. The molecule has 1 aliphatic rings. The maximum absolute atomic E-state index is 12.4. The summed E-state index contributed by atoms with van der Waals surface area (Å²) < 4.78 is 7.64. The maximum atomic E-state index is 12.4. The van der Waals surface area contributed by atoms with E-state index in [1.54, 1.807) is 12.3 Å². The quantitative estimate of drug-likeness (QED) is 0.586. The van der Waals surface area contributed by atoms with Crippen molar-refractivity contribution in [2.75, 3.05) is 0 Å². The van der Waals surface area contributed by atoms with Crippen LogP contribution >= 0.6 is 27.3 Å². The van der Waals surface area contributed by atoms with Crippen LogP contribution in [0, 0.1) is 5.92 Å². The van der Waals surface area contributed by atoms with E-state index < -0.39 is 0 Å². The molecule has 7 heteroatoms. The van der Waals surface area contributed by atoms with Gasteiger partial charge in [0.15, 0.2) is 0 Å². The molecule has 3 heterocycles. The summed E-state index contributed by atoms with van der Waals surface area (Å²) in [7, 11) is 0. The summed E-state index contributed by atoms with van der Waals surface area (Å²) in [5.41, 5.74) is 2.03. The third-order valence-corrected chi connectivity index (χ3v) is 6.24. The van der Waals surface area contributed by atoms with Gasteiger partial charge < -0.3 is 4.74 Å². The number of esters is 1. The van der Waals surface area contributed by atoms with E-state index in [9.17, 15) is 9.59 Å². The monoisotopic (exact) mass is 432 g/mol. The SMILES string of the molecule is CC1CCc2sc(C(=O)OCc3cc(=O)n4cc(Br)ccc4n3)cc2C1. The number of nitrogens with zero attached hydrogens (tertiary/aromatic N) is 2. The number of halogens is 1. The fourth-order valence-corrected chi connectivity index (χ4v) is 4.66. The van der Waals surface area contributed by atoms with Gasteiger partial charge in [0.2, 0.25) is 0 Å². The smallest absolute Gasteiger partial charge is 0.348 e. The van der Waals surface area contributed by atoms with Crippen LogP contribution < -0.4 is 5.56 Å². The van der Waals surface area contributed by atoms with Crippen LogP contribution in [-0.2, 0) is 24.2 Å². The van der Waals surface area contributed by atoms with Crippen LogP contribution in [0.3, 0.4) is 0 Å². The van der Waals surface area contributed by atoms with E-state index in [-0.39, 0.29) is 18.1 Å². The van der Waals surface area contributed by atoms with Crippen LogP contribution in [0.15, 0.2) is 39.7 Å². The molecule has 26 heavy (non-hydrogen) atoms. The van der Waals surface area contributed by atoms with Crippen molar-refractivity contribution in [1.29, 1.82) is 0 Å². The van der Waals surface area contributed by atoms with Crippen LogP contribution in [0.5, 0.6) is 0 Å². The molecular weight excluding hydrogens is 416 g/mol. The number of pyridine rings is 1. The predicted molar refractivity (Wildman–Crippen MR) is 104 cm³/mol. The van der Waals surface area contributed by atoms with Gasteiger partial charge in [-0.15, -0.1) is 11.3 Å². The number of fused-ring (bicyclic) bond motifs is 2. The van der Waals surface area contributed by atoms with Crippen molar-refractivity contribution in [1.82, 2.24) is 9.38 Å². The molecule has 5 nitrogen and oxygen atoms in total. The first-order chi connectivity index (χ1) is 12.5. The Morgan fingerprint density at radius 1 is 1.42 bits per heavy atom. The Morgan fingerprint density at radius 3 is 3.12 bits per heavy atom. The Labute approximate surface area is 162 Å². The van der Waals surface area contributed by atoms with E-state index in [0.717, 1.165) is 17.3 Å². The van der Waals surface area contributed by atoms with Crippen molar-refractivity contribution >= 4 is 38.9 Å². The van der Waals surface area contributed by atoms with E-state index in [1.165, 1.54) is 38.7 Å². The molecule has 0 aromatic carbocycles. The lowest BCUT2D eigenvalue weighted by molar-refractivity contribution is 0.0473. The minimum Gasteiger partial charge on any atom is -0.455 e. The highest BCUT2D eigenvalue weighted by Crippen LogP contribution is 2.32. The summed E-state index contributed by atoms with van der Waals surface area (Å²) in [5.74, 6) is 0.311. The van der Waals surface area contributed by atoms with Crippen LogP contribution in [0.4, 0.5) is 0 Å². The molecule has 0 N–H and O–H groups in total. The molecule has 1 aliphatic carbocycles. The van der Waals surface area contributed by atoms with E-state index in [4.69, 9.17) is 4.74 Å². The van der Waals surface area contributed by atoms with Crippen LogP contribution in [0.25, 0.3) is 5.65 Å². The van der Waals surface area contributed by atoms with Gasteiger partial charge in [0.1, 0.15) is 17.1 Å². The summed E-state index contributed by atoms with van der Waals surface area (Å²) in [6.45, 7) is 2.22. The van der Waals surface area contributed by atoms with Gasteiger partial charge in [-0.3, -0.25) is 9.20 Å². The lowest BCUT2D eigenvalue weighted by atomic mass is 9.90. The number of carbonyl (C=O) groups excluding carboxylic acids is 1. The molecule has 0 aliphatic heterocycles. The third-order valence-electron chi connectivity index (χ3n) is 4.56. The lowest BCUT2D eigenvalue weighted by Gasteiger charge is -2.16. The molecule has 3 aromatic heterocycles. The molecule has 1 atom stereocenters. The first-order valence-corrected chi connectivity index (χ1v) is 10.1. The van der Waals surface area contributed by atoms with Gasteiger partial charge in [0.25, 0.3) is 5.56 Å². The summed E-state index contributed by atoms with van der Waals surface area (Å²) in [6, 6.07) is 6.91. The fourth-order valence-electron chi connectivity index (χ4n) is 3.22. The molecule has 0 saturated carbocycles. The molecule has 0 radical (unpaired) electrons. The third kappa shape index (κ3) is 3.46. The van der Waals surface area contributed by atoms with Gasteiger partial charge in [0, 0.05) is 21.6 Å². The van der Waals surface area contributed by atoms with E-state index >= 15 is 0 Å². The standard InChI is InChI=1S/C19H17BrN2O3S/c1-11-2-4-15-12(6-11)7-16(26-15)19(24)25-10-14-8-18(23)22-9-13(20)3-5-17(22)21-14/h3,5,7-9,11H,2,4,6,10H2,1H3. The number of thiophene rings is 1. The van der Waals surface area contributed by atoms with Crippen LogP contribution in [0.2, 0.25) is 0 Å². The molecule has 0 fully saturated rings. The molecule has 0 bridgehead atoms. The number of carbonyl (C=O) groups is 1. The maximum Gasteiger partial charge on any atom is 0.348 e.